The molecule has 0 aliphatic carbocycles. The number of nitrogen functional groups attached to an aromatic ring is 1. The van der Waals surface area contributed by atoms with Gasteiger partial charge in [-0.3, -0.25) is 5.43 Å². The lowest BCUT2D eigenvalue weighted by molar-refractivity contribution is 0.840. The summed E-state index contributed by atoms with van der Waals surface area (Å²) in [6.07, 6.45) is 1.08. The quantitative estimate of drug-likeness (QED) is 0.643. The summed E-state index contributed by atoms with van der Waals surface area (Å²) in [5.74, 6) is 6.81. The van der Waals surface area contributed by atoms with E-state index in [0.29, 0.717) is 5.95 Å². The molecule has 2 aromatic heterocycles. The van der Waals surface area contributed by atoms with Crippen LogP contribution in [0.5, 0.6) is 0 Å². The van der Waals surface area contributed by atoms with E-state index in [1.807, 2.05) is 7.05 Å². The SMILES string of the molecule is CCCN(C)c1nc(NN)nc2sc(C)cc12. The number of nitrogens with one attached hydrogen (secondary N) is 1. The number of hydrogen-bond acceptors (Lipinski definition) is 6. The summed E-state index contributed by atoms with van der Waals surface area (Å²) in [5, 5.41) is 1.10. The lowest BCUT2D eigenvalue weighted by Gasteiger charge is -2.18. The Morgan fingerprint density at radius 3 is 2.88 bits per heavy atom. The predicted molar refractivity (Wildman–Crippen MR) is 73.5 cm³/mol. The van der Waals surface area contributed by atoms with Gasteiger partial charge >= 0.3 is 0 Å². The maximum atomic E-state index is 5.40. The fraction of sp³-hybridized carbons (Fsp3) is 0.455. The first-order valence-corrected chi connectivity index (χ1v) is 6.43. The molecule has 6 heteroatoms. The van der Waals surface area contributed by atoms with Crippen LogP contribution < -0.4 is 16.2 Å². The second-order valence-electron chi connectivity index (χ2n) is 4.01. The average molecular weight is 251 g/mol. The molecule has 2 rings (SSSR count). The van der Waals surface area contributed by atoms with Crippen molar-refractivity contribution in [1.82, 2.24) is 9.97 Å². The molecule has 0 saturated carbocycles. The predicted octanol–water partition coefficient (Wildman–Crippen LogP) is 2.13. The molecule has 0 aliphatic rings. The van der Waals surface area contributed by atoms with Crippen LogP contribution >= 0.6 is 11.3 Å². The van der Waals surface area contributed by atoms with Gasteiger partial charge in [0.15, 0.2) is 0 Å². The molecule has 17 heavy (non-hydrogen) atoms. The Morgan fingerprint density at radius 1 is 1.47 bits per heavy atom. The van der Waals surface area contributed by atoms with Crippen LogP contribution in [0.1, 0.15) is 18.2 Å². The van der Waals surface area contributed by atoms with E-state index in [-0.39, 0.29) is 0 Å². The molecule has 2 heterocycles. The fourth-order valence-electron chi connectivity index (χ4n) is 1.82. The van der Waals surface area contributed by atoms with E-state index in [1.165, 1.54) is 4.88 Å². The molecule has 0 radical (unpaired) electrons. The number of thiophene rings is 1. The third-order valence-electron chi connectivity index (χ3n) is 2.55. The Bertz CT molecular complexity index is 522. The molecule has 0 atom stereocenters. The monoisotopic (exact) mass is 251 g/mol. The minimum atomic E-state index is 0.470. The normalized spacial score (nSPS) is 10.8. The molecule has 3 N–H and O–H groups in total. The lowest BCUT2D eigenvalue weighted by atomic mass is 10.3. The largest absolute Gasteiger partial charge is 0.359 e. The number of rotatable bonds is 4. The highest BCUT2D eigenvalue weighted by molar-refractivity contribution is 7.18. The number of hydrogen-bond donors (Lipinski definition) is 2. The number of nitrogens with two attached hydrogens (primary N) is 1. The zero-order valence-corrected chi connectivity index (χ0v) is 11.1. The van der Waals surface area contributed by atoms with Crippen LogP contribution in [0.4, 0.5) is 11.8 Å². The van der Waals surface area contributed by atoms with Crippen molar-refractivity contribution in [3.8, 4) is 0 Å². The summed E-state index contributed by atoms with van der Waals surface area (Å²) < 4.78 is 0. The number of anilines is 2. The molecule has 0 aromatic carbocycles. The fourth-order valence-corrected chi connectivity index (χ4v) is 2.70. The van der Waals surface area contributed by atoms with E-state index < -0.39 is 0 Å². The zero-order chi connectivity index (χ0) is 12.4. The molecule has 5 nitrogen and oxygen atoms in total. The standard InChI is InChI=1S/C11H17N5S/c1-4-5-16(3)9-8-6-7(2)17-10(8)14-11(13-9)15-12/h6H,4-5,12H2,1-3H3,(H,13,14,15). The third kappa shape index (κ3) is 2.32. The highest BCUT2D eigenvalue weighted by atomic mass is 32.1. The van der Waals surface area contributed by atoms with Crippen molar-refractivity contribution in [2.45, 2.75) is 20.3 Å². The molecule has 0 fully saturated rings. The van der Waals surface area contributed by atoms with Gasteiger partial charge in [-0.05, 0) is 19.4 Å². The summed E-state index contributed by atoms with van der Waals surface area (Å²) in [6, 6.07) is 2.13. The van der Waals surface area contributed by atoms with Crippen molar-refractivity contribution in [2.75, 3.05) is 23.9 Å². The van der Waals surface area contributed by atoms with Crippen molar-refractivity contribution in [3.63, 3.8) is 0 Å². The van der Waals surface area contributed by atoms with Crippen LogP contribution in [0.2, 0.25) is 0 Å². The van der Waals surface area contributed by atoms with Crippen LogP contribution in [0.25, 0.3) is 10.2 Å². The van der Waals surface area contributed by atoms with E-state index in [4.69, 9.17) is 5.84 Å². The summed E-state index contributed by atoms with van der Waals surface area (Å²) in [7, 11) is 2.04. The number of aromatic nitrogens is 2. The maximum Gasteiger partial charge on any atom is 0.240 e. The number of nitrogens with zero attached hydrogens (tertiary/aromatic N) is 3. The van der Waals surface area contributed by atoms with Gasteiger partial charge in [-0.2, -0.15) is 4.98 Å². The topological polar surface area (TPSA) is 67.1 Å². The molecule has 0 spiro atoms. The van der Waals surface area contributed by atoms with Crippen LogP contribution in [-0.2, 0) is 0 Å². The molecule has 92 valence electrons. The first kappa shape index (κ1) is 12.1. The molecule has 0 aliphatic heterocycles. The Kier molecular flexibility index (Phi) is 3.44. The van der Waals surface area contributed by atoms with Gasteiger partial charge in [-0.1, -0.05) is 6.92 Å². The Balaban J connectivity index is 2.57. The van der Waals surface area contributed by atoms with Crippen LogP contribution in [-0.4, -0.2) is 23.6 Å². The van der Waals surface area contributed by atoms with E-state index in [0.717, 1.165) is 29.0 Å². The highest BCUT2D eigenvalue weighted by Gasteiger charge is 2.12. The van der Waals surface area contributed by atoms with Crippen molar-refractivity contribution in [3.05, 3.63) is 10.9 Å². The number of hydrazine groups is 1. The van der Waals surface area contributed by atoms with Gasteiger partial charge in [0.25, 0.3) is 0 Å². The maximum absolute atomic E-state index is 5.40. The molecule has 0 bridgehead atoms. The van der Waals surface area contributed by atoms with Crippen LogP contribution in [0.15, 0.2) is 6.07 Å². The summed E-state index contributed by atoms with van der Waals surface area (Å²) in [4.78, 5) is 13.1. The second kappa shape index (κ2) is 4.85. The van der Waals surface area contributed by atoms with Gasteiger partial charge in [0.1, 0.15) is 10.6 Å². The van der Waals surface area contributed by atoms with Crippen molar-refractivity contribution in [1.29, 1.82) is 0 Å². The molecule has 0 saturated heterocycles. The zero-order valence-electron chi connectivity index (χ0n) is 10.3. The van der Waals surface area contributed by atoms with Crippen LogP contribution in [0.3, 0.4) is 0 Å². The van der Waals surface area contributed by atoms with Gasteiger partial charge in [0.05, 0.1) is 5.39 Å². The molecule has 0 amide bonds. The molecule has 0 unspecified atom stereocenters. The van der Waals surface area contributed by atoms with E-state index >= 15 is 0 Å². The molecular formula is C11H17N5S. The van der Waals surface area contributed by atoms with Gasteiger partial charge in [-0.25, -0.2) is 10.8 Å². The summed E-state index contributed by atoms with van der Waals surface area (Å²) in [6.45, 7) is 5.19. The minimum absolute atomic E-state index is 0.470. The van der Waals surface area contributed by atoms with Crippen molar-refractivity contribution < 1.29 is 0 Å². The average Bonchev–Trinajstić information content (AvgIpc) is 2.67. The third-order valence-corrected chi connectivity index (χ3v) is 3.49. The second-order valence-corrected chi connectivity index (χ2v) is 5.25. The smallest absolute Gasteiger partial charge is 0.240 e. The first-order valence-electron chi connectivity index (χ1n) is 5.61. The lowest BCUT2D eigenvalue weighted by Crippen LogP contribution is -2.21. The highest BCUT2D eigenvalue weighted by Crippen LogP contribution is 2.31. The van der Waals surface area contributed by atoms with Crippen molar-refractivity contribution in [2.24, 2.45) is 5.84 Å². The van der Waals surface area contributed by atoms with Crippen LogP contribution in [0, 0.1) is 6.92 Å². The van der Waals surface area contributed by atoms with Gasteiger partial charge in [-0.15, -0.1) is 11.3 Å². The molecular weight excluding hydrogens is 234 g/mol. The van der Waals surface area contributed by atoms with Gasteiger partial charge in [0.2, 0.25) is 5.95 Å². The van der Waals surface area contributed by atoms with Crippen molar-refractivity contribution >= 4 is 33.3 Å². The van der Waals surface area contributed by atoms with E-state index in [1.54, 1.807) is 11.3 Å². The Hall–Kier alpha value is -1.40. The Morgan fingerprint density at radius 2 is 2.24 bits per heavy atom. The van der Waals surface area contributed by atoms with E-state index in [9.17, 15) is 0 Å². The minimum Gasteiger partial charge on any atom is -0.359 e. The van der Waals surface area contributed by atoms with Gasteiger partial charge < -0.3 is 4.90 Å². The summed E-state index contributed by atoms with van der Waals surface area (Å²) in [5.41, 5.74) is 2.52. The Labute approximate surface area is 105 Å². The number of fused-ring (bicyclic) bond motifs is 1. The van der Waals surface area contributed by atoms with Gasteiger partial charge in [0, 0.05) is 18.5 Å². The van der Waals surface area contributed by atoms with E-state index in [2.05, 4.69) is 40.2 Å². The molecule has 2 aromatic rings. The summed E-state index contributed by atoms with van der Waals surface area (Å²) >= 11 is 1.66. The first-order chi connectivity index (χ1) is 8.15. The number of aryl methyl sites for hydroxylation is 1.